The van der Waals surface area contributed by atoms with Crippen molar-refractivity contribution >= 4 is 41.5 Å². The van der Waals surface area contributed by atoms with Crippen molar-refractivity contribution in [3.05, 3.63) is 35.2 Å². The molecule has 0 unspecified atom stereocenters. The first-order valence-corrected chi connectivity index (χ1v) is 6.07. The zero-order chi connectivity index (χ0) is 13.7. The molecule has 1 aromatic carbocycles. The van der Waals surface area contributed by atoms with E-state index in [1.54, 1.807) is 26.2 Å². The molecule has 2 aromatic rings. The Morgan fingerprint density at radius 1 is 1.35 bits per heavy atom. The van der Waals surface area contributed by atoms with E-state index in [9.17, 15) is 0 Å². The predicted octanol–water partition coefficient (Wildman–Crippen LogP) is 2.30. The molecular formula is C12H15ClIN5O. The maximum Gasteiger partial charge on any atom is 0.246 e. The van der Waals surface area contributed by atoms with Crippen LogP contribution in [0.2, 0.25) is 5.02 Å². The predicted molar refractivity (Wildman–Crippen MR) is 89.4 cm³/mol. The Labute approximate surface area is 139 Å². The third-order valence-electron chi connectivity index (χ3n) is 2.44. The minimum absolute atomic E-state index is 0. The van der Waals surface area contributed by atoms with Crippen molar-refractivity contribution in [2.45, 2.75) is 6.54 Å². The Morgan fingerprint density at radius 3 is 2.65 bits per heavy atom. The number of guanidine groups is 1. The summed E-state index contributed by atoms with van der Waals surface area (Å²) in [6.45, 7) is 0.411. The quantitative estimate of drug-likeness (QED) is 0.464. The number of nitrogens with zero attached hydrogens (tertiary/aromatic N) is 3. The fraction of sp³-hybridized carbons (Fsp3) is 0.250. The van der Waals surface area contributed by atoms with Crippen LogP contribution in [0.4, 0.5) is 0 Å². The largest absolute Gasteiger partial charge is 0.359 e. The summed E-state index contributed by atoms with van der Waals surface area (Å²) in [4.78, 5) is 8.27. The summed E-state index contributed by atoms with van der Waals surface area (Å²) in [6.07, 6.45) is 0. The van der Waals surface area contributed by atoms with Gasteiger partial charge in [-0.3, -0.25) is 4.99 Å². The highest BCUT2D eigenvalue weighted by Gasteiger charge is 2.08. The Hall–Kier alpha value is -1.35. The Bertz CT molecular complexity index is 569. The van der Waals surface area contributed by atoms with E-state index in [0.29, 0.717) is 29.2 Å². The molecule has 2 N–H and O–H groups in total. The summed E-state index contributed by atoms with van der Waals surface area (Å²) in [5.74, 6) is 1.68. The van der Waals surface area contributed by atoms with E-state index in [4.69, 9.17) is 16.1 Å². The van der Waals surface area contributed by atoms with Crippen molar-refractivity contribution in [3.63, 3.8) is 0 Å². The molecule has 0 aliphatic carbocycles. The number of aromatic nitrogens is 2. The summed E-state index contributed by atoms with van der Waals surface area (Å²) in [5.41, 5.74) is 0.859. The van der Waals surface area contributed by atoms with Crippen LogP contribution in [-0.4, -0.2) is 30.2 Å². The summed E-state index contributed by atoms with van der Waals surface area (Å²) < 4.78 is 5.15. The van der Waals surface area contributed by atoms with Crippen LogP contribution >= 0.6 is 35.6 Å². The van der Waals surface area contributed by atoms with Gasteiger partial charge in [0.25, 0.3) is 0 Å². The van der Waals surface area contributed by atoms with Gasteiger partial charge in [0.05, 0.1) is 6.54 Å². The van der Waals surface area contributed by atoms with E-state index in [2.05, 4.69) is 25.8 Å². The van der Waals surface area contributed by atoms with Crippen molar-refractivity contribution < 1.29 is 4.52 Å². The molecule has 8 heteroatoms. The van der Waals surface area contributed by atoms with E-state index >= 15 is 0 Å². The van der Waals surface area contributed by atoms with Crippen LogP contribution in [0.25, 0.3) is 11.4 Å². The lowest BCUT2D eigenvalue weighted by molar-refractivity contribution is 0.375. The standard InChI is InChI=1S/C12H14ClN5O.HI/c1-14-12(15-2)16-7-10-17-11(18-19-10)8-3-5-9(13)6-4-8;/h3-6H,7H2,1-2H3,(H2,14,15,16);1H. The first kappa shape index (κ1) is 16.7. The van der Waals surface area contributed by atoms with Gasteiger partial charge in [-0.25, -0.2) is 0 Å². The van der Waals surface area contributed by atoms with E-state index in [1.165, 1.54) is 0 Å². The van der Waals surface area contributed by atoms with Crippen LogP contribution in [0, 0.1) is 0 Å². The van der Waals surface area contributed by atoms with Gasteiger partial charge in [0, 0.05) is 24.7 Å². The maximum atomic E-state index is 5.83. The Morgan fingerprint density at radius 2 is 2.05 bits per heavy atom. The van der Waals surface area contributed by atoms with Crippen LogP contribution in [0.3, 0.4) is 0 Å². The van der Waals surface area contributed by atoms with Crippen LogP contribution in [0.5, 0.6) is 0 Å². The smallest absolute Gasteiger partial charge is 0.246 e. The number of benzene rings is 1. The minimum Gasteiger partial charge on any atom is -0.359 e. The van der Waals surface area contributed by atoms with Crippen LogP contribution in [-0.2, 0) is 6.54 Å². The van der Waals surface area contributed by atoms with Crippen LogP contribution in [0.15, 0.2) is 33.8 Å². The maximum absolute atomic E-state index is 5.83. The van der Waals surface area contributed by atoms with Gasteiger partial charge in [-0.1, -0.05) is 16.8 Å². The molecule has 0 aliphatic heterocycles. The van der Waals surface area contributed by atoms with Crippen molar-refractivity contribution in [2.75, 3.05) is 14.1 Å². The van der Waals surface area contributed by atoms with Crippen molar-refractivity contribution in [1.82, 2.24) is 20.8 Å². The van der Waals surface area contributed by atoms with Gasteiger partial charge in [-0.05, 0) is 24.3 Å². The summed E-state index contributed by atoms with van der Waals surface area (Å²) >= 11 is 5.83. The summed E-state index contributed by atoms with van der Waals surface area (Å²) in [7, 11) is 3.47. The van der Waals surface area contributed by atoms with Gasteiger partial charge in [0.1, 0.15) is 0 Å². The lowest BCUT2D eigenvalue weighted by atomic mass is 10.2. The molecule has 0 amide bonds. The van der Waals surface area contributed by atoms with E-state index < -0.39 is 0 Å². The molecule has 0 aliphatic rings. The molecule has 2 rings (SSSR count). The number of rotatable bonds is 3. The van der Waals surface area contributed by atoms with Crippen molar-refractivity contribution in [1.29, 1.82) is 0 Å². The molecule has 1 aromatic heterocycles. The highest BCUT2D eigenvalue weighted by Crippen LogP contribution is 2.18. The number of nitrogens with one attached hydrogen (secondary N) is 2. The molecular weight excluding hydrogens is 393 g/mol. The van der Waals surface area contributed by atoms with Gasteiger partial charge in [0.15, 0.2) is 5.96 Å². The number of hydrogen-bond acceptors (Lipinski definition) is 4. The fourth-order valence-electron chi connectivity index (χ4n) is 1.48. The molecule has 0 spiro atoms. The fourth-order valence-corrected chi connectivity index (χ4v) is 1.61. The molecule has 6 nitrogen and oxygen atoms in total. The van der Waals surface area contributed by atoms with Crippen LogP contribution in [0.1, 0.15) is 5.89 Å². The normalized spacial score (nSPS) is 10.8. The second-order valence-electron chi connectivity index (χ2n) is 3.69. The molecule has 0 fully saturated rings. The lowest BCUT2D eigenvalue weighted by Crippen LogP contribution is -2.34. The zero-order valence-electron chi connectivity index (χ0n) is 11.1. The minimum atomic E-state index is 0. The molecule has 0 saturated carbocycles. The Balaban J connectivity index is 0.00000200. The monoisotopic (exact) mass is 407 g/mol. The third kappa shape index (κ3) is 4.34. The van der Waals surface area contributed by atoms with Gasteiger partial charge < -0.3 is 15.2 Å². The average molecular weight is 408 g/mol. The second kappa shape index (κ2) is 8.05. The lowest BCUT2D eigenvalue weighted by Gasteiger charge is -2.04. The topological polar surface area (TPSA) is 75.3 Å². The number of aliphatic imine (C=N–C) groups is 1. The highest BCUT2D eigenvalue weighted by atomic mass is 127. The number of hydrogen-bond donors (Lipinski definition) is 2. The molecule has 1 heterocycles. The Kier molecular flexibility index (Phi) is 6.73. The number of halogens is 2. The summed E-state index contributed by atoms with van der Waals surface area (Å²) in [5, 5.41) is 10.5. The van der Waals surface area contributed by atoms with Crippen molar-refractivity contribution in [2.24, 2.45) is 4.99 Å². The molecule has 108 valence electrons. The first-order valence-electron chi connectivity index (χ1n) is 5.70. The highest BCUT2D eigenvalue weighted by molar-refractivity contribution is 14.0. The average Bonchev–Trinajstić information content (AvgIpc) is 2.89. The second-order valence-corrected chi connectivity index (χ2v) is 4.13. The SMILES string of the molecule is CN=C(NC)NCc1nc(-c2ccc(Cl)cc2)no1.I. The van der Waals surface area contributed by atoms with Gasteiger partial charge in [-0.15, -0.1) is 24.0 Å². The third-order valence-corrected chi connectivity index (χ3v) is 2.69. The first-order chi connectivity index (χ1) is 9.22. The molecule has 20 heavy (non-hydrogen) atoms. The summed E-state index contributed by atoms with van der Waals surface area (Å²) in [6, 6.07) is 7.26. The molecule has 0 bridgehead atoms. The van der Waals surface area contributed by atoms with Gasteiger partial charge in [0.2, 0.25) is 11.7 Å². The van der Waals surface area contributed by atoms with E-state index in [-0.39, 0.29) is 24.0 Å². The van der Waals surface area contributed by atoms with Gasteiger partial charge >= 0.3 is 0 Å². The molecule has 0 radical (unpaired) electrons. The van der Waals surface area contributed by atoms with Crippen molar-refractivity contribution in [3.8, 4) is 11.4 Å². The van der Waals surface area contributed by atoms with E-state index in [1.807, 2.05) is 12.1 Å². The molecule has 0 saturated heterocycles. The zero-order valence-corrected chi connectivity index (χ0v) is 14.1. The molecule has 0 atom stereocenters. The van der Waals surface area contributed by atoms with E-state index in [0.717, 1.165) is 5.56 Å². The van der Waals surface area contributed by atoms with Crippen LogP contribution < -0.4 is 10.6 Å². The van der Waals surface area contributed by atoms with Gasteiger partial charge in [-0.2, -0.15) is 4.98 Å².